The van der Waals surface area contributed by atoms with Gasteiger partial charge < -0.3 is 10.1 Å². The van der Waals surface area contributed by atoms with Crippen molar-refractivity contribution in [3.8, 4) is 11.8 Å². The molecule has 0 saturated heterocycles. The molecule has 0 fully saturated rings. The summed E-state index contributed by atoms with van der Waals surface area (Å²) in [7, 11) is 0. The van der Waals surface area contributed by atoms with Crippen LogP contribution in [0.1, 0.15) is 29.2 Å². The fraction of sp³-hybridized carbons (Fsp3) is 0.278. The van der Waals surface area contributed by atoms with Gasteiger partial charge in [-0.05, 0) is 25.1 Å². The van der Waals surface area contributed by atoms with Crippen LogP contribution < -0.4 is 10.1 Å². The minimum atomic E-state index is 0.410. The van der Waals surface area contributed by atoms with Gasteiger partial charge in [0.1, 0.15) is 12.4 Å². The molecule has 2 rings (SSSR count). The Kier molecular flexibility index (Phi) is 5.36. The quantitative estimate of drug-likeness (QED) is 0.880. The first kappa shape index (κ1) is 15.1. The van der Waals surface area contributed by atoms with Crippen molar-refractivity contribution in [3.63, 3.8) is 0 Å². The summed E-state index contributed by atoms with van der Waals surface area (Å²) in [6.45, 7) is 6.24. The lowest BCUT2D eigenvalue weighted by Gasteiger charge is -2.15. The molecule has 3 heteroatoms. The van der Waals surface area contributed by atoms with Gasteiger partial charge >= 0.3 is 0 Å². The second kappa shape index (κ2) is 7.47. The Balaban J connectivity index is 2.18. The summed E-state index contributed by atoms with van der Waals surface area (Å²) >= 11 is 0. The largest absolute Gasteiger partial charge is 0.488 e. The highest BCUT2D eigenvalue weighted by atomic mass is 16.5. The Morgan fingerprint density at radius 1 is 1.10 bits per heavy atom. The number of benzene rings is 2. The minimum absolute atomic E-state index is 0.410. The van der Waals surface area contributed by atoms with E-state index in [0.29, 0.717) is 12.2 Å². The lowest BCUT2D eigenvalue weighted by atomic mass is 10.1. The van der Waals surface area contributed by atoms with E-state index in [0.717, 1.165) is 35.5 Å². The summed E-state index contributed by atoms with van der Waals surface area (Å²) in [5, 5.41) is 12.4. The molecular formula is C18H20N2O. The molecule has 0 aromatic heterocycles. The molecule has 2 aromatic carbocycles. The second-order valence-corrected chi connectivity index (χ2v) is 4.90. The zero-order valence-corrected chi connectivity index (χ0v) is 12.5. The topological polar surface area (TPSA) is 45.0 Å². The van der Waals surface area contributed by atoms with Gasteiger partial charge in [0.2, 0.25) is 0 Å². The Morgan fingerprint density at radius 2 is 1.86 bits per heavy atom. The van der Waals surface area contributed by atoms with E-state index in [4.69, 9.17) is 10.00 Å². The van der Waals surface area contributed by atoms with E-state index in [1.165, 1.54) is 0 Å². The van der Waals surface area contributed by atoms with Crippen molar-refractivity contribution in [2.24, 2.45) is 0 Å². The maximum Gasteiger partial charge on any atom is 0.127 e. The number of nitriles is 1. The predicted octanol–water partition coefficient (Wildman–Crippen LogP) is 3.56. The molecule has 0 spiro atoms. The molecule has 108 valence electrons. The zero-order valence-electron chi connectivity index (χ0n) is 12.5. The molecule has 0 atom stereocenters. The van der Waals surface area contributed by atoms with Gasteiger partial charge in [-0.25, -0.2) is 0 Å². The molecule has 0 aliphatic carbocycles. The van der Waals surface area contributed by atoms with E-state index in [2.05, 4.69) is 24.4 Å². The SMILES string of the molecule is CCNCc1cccc(C)c1OCc1ccccc1C#N. The maximum absolute atomic E-state index is 9.13. The number of nitrogens with one attached hydrogen (secondary N) is 1. The monoisotopic (exact) mass is 280 g/mol. The average Bonchev–Trinajstić information content (AvgIpc) is 2.52. The molecule has 0 unspecified atom stereocenters. The Bertz CT molecular complexity index is 644. The van der Waals surface area contributed by atoms with Crippen LogP contribution in [0.2, 0.25) is 0 Å². The van der Waals surface area contributed by atoms with Crippen molar-refractivity contribution < 1.29 is 4.74 Å². The van der Waals surface area contributed by atoms with Crippen molar-refractivity contribution >= 4 is 0 Å². The molecule has 21 heavy (non-hydrogen) atoms. The minimum Gasteiger partial charge on any atom is -0.488 e. The van der Waals surface area contributed by atoms with Crippen LogP contribution in [0.3, 0.4) is 0 Å². The highest BCUT2D eigenvalue weighted by molar-refractivity contribution is 5.42. The summed E-state index contributed by atoms with van der Waals surface area (Å²) in [5.74, 6) is 0.909. The van der Waals surface area contributed by atoms with Crippen LogP contribution in [0.4, 0.5) is 0 Å². The Hall–Kier alpha value is -2.31. The standard InChI is InChI=1S/C18H20N2O/c1-3-20-12-16-10-6-7-14(2)18(16)21-13-17-9-5-4-8-15(17)11-19/h4-10,20H,3,12-13H2,1-2H3. The second-order valence-electron chi connectivity index (χ2n) is 4.90. The summed E-state index contributed by atoms with van der Waals surface area (Å²) in [4.78, 5) is 0. The molecule has 0 aliphatic heterocycles. The molecule has 0 radical (unpaired) electrons. The van der Waals surface area contributed by atoms with Gasteiger partial charge in [0.25, 0.3) is 0 Å². The lowest BCUT2D eigenvalue weighted by Crippen LogP contribution is -2.13. The van der Waals surface area contributed by atoms with E-state index in [-0.39, 0.29) is 0 Å². The molecule has 2 aromatic rings. The first-order valence-corrected chi connectivity index (χ1v) is 7.16. The van der Waals surface area contributed by atoms with Gasteiger partial charge in [-0.1, -0.05) is 43.3 Å². The molecule has 3 nitrogen and oxygen atoms in total. The van der Waals surface area contributed by atoms with Crippen LogP contribution >= 0.6 is 0 Å². The first-order chi connectivity index (χ1) is 10.3. The molecule has 0 amide bonds. The molecular weight excluding hydrogens is 260 g/mol. The van der Waals surface area contributed by atoms with Gasteiger partial charge in [0.15, 0.2) is 0 Å². The number of aryl methyl sites for hydroxylation is 1. The summed E-state index contributed by atoms with van der Waals surface area (Å²) < 4.78 is 6.00. The smallest absolute Gasteiger partial charge is 0.127 e. The number of para-hydroxylation sites is 1. The van der Waals surface area contributed by atoms with Crippen LogP contribution in [0.15, 0.2) is 42.5 Å². The van der Waals surface area contributed by atoms with Crippen LogP contribution in [-0.4, -0.2) is 6.54 Å². The van der Waals surface area contributed by atoms with E-state index in [9.17, 15) is 0 Å². The van der Waals surface area contributed by atoms with Crippen LogP contribution in [0.5, 0.6) is 5.75 Å². The molecule has 0 bridgehead atoms. The van der Waals surface area contributed by atoms with Crippen molar-refractivity contribution in [2.75, 3.05) is 6.54 Å². The summed E-state index contributed by atoms with van der Waals surface area (Å²) in [6, 6.07) is 15.9. The zero-order chi connectivity index (χ0) is 15.1. The number of hydrogen-bond acceptors (Lipinski definition) is 3. The third-order valence-electron chi connectivity index (χ3n) is 3.37. The van der Waals surface area contributed by atoms with Crippen LogP contribution in [0, 0.1) is 18.3 Å². The van der Waals surface area contributed by atoms with Gasteiger partial charge in [0.05, 0.1) is 11.6 Å². The number of hydrogen-bond donors (Lipinski definition) is 1. The number of ether oxygens (including phenoxy) is 1. The number of rotatable bonds is 6. The van der Waals surface area contributed by atoms with Crippen LogP contribution in [-0.2, 0) is 13.2 Å². The number of nitrogens with zero attached hydrogens (tertiary/aromatic N) is 1. The summed E-state index contributed by atoms with van der Waals surface area (Å²) in [6.07, 6.45) is 0. The van der Waals surface area contributed by atoms with Gasteiger partial charge in [-0.15, -0.1) is 0 Å². The predicted molar refractivity (Wildman–Crippen MR) is 84.0 cm³/mol. The summed E-state index contributed by atoms with van der Waals surface area (Å²) in [5.41, 5.74) is 3.84. The Labute approximate surface area is 126 Å². The van der Waals surface area contributed by atoms with E-state index < -0.39 is 0 Å². The normalized spacial score (nSPS) is 10.1. The average molecular weight is 280 g/mol. The van der Waals surface area contributed by atoms with Gasteiger partial charge in [0, 0.05) is 17.7 Å². The fourth-order valence-electron chi connectivity index (χ4n) is 2.22. The highest BCUT2D eigenvalue weighted by Gasteiger charge is 2.08. The van der Waals surface area contributed by atoms with Crippen molar-refractivity contribution in [2.45, 2.75) is 27.0 Å². The molecule has 0 aliphatic rings. The fourth-order valence-corrected chi connectivity index (χ4v) is 2.22. The lowest BCUT2D eigenvalue weighted by molar-refractivity contribution is 0.299. The Morgan fingerprint density at radius 3 is 2.62 bits per heavy atom. The van der Waals surface area contributed by atoms with E-state index in [1.807, 2.05) is 43.3 Å². The third kappa shape index (κ3) is 3.84. The van der Waals surface area contributed by atoms with Crippen molar-refractivity contribution in [3.05, 3.63) is 64.7 Å². The first-order valence-electron chi connectivity index (χ1n) is 7.16. The van der Waals surface area contributed by atoms with Gasteiger partial charge in [-0.2, -0.15) is 5.26 Å². The molecule has 0 saturated carbocycles. The maximum atomic E-state index is 9.13. The van der Waals surface area contributed by atoms with Gasteiger partial charge in [-0.3, -0.25) is 0 Å². The third-order valence-corrected chi connectivity index (χ3v) is 3.37. The highest BCUT2D eigenvalue weighted by Crippen LogP contribution is 2.25. The van der Waals surface area contributed by atoms with E-state index in [1.54, 1.807) is 0 Å². The molecule has 0 heterocycles. The van der Waals surface area contributed by atoms with Crippen LogP contribution in [0.25, 0.3) is 0 Å². The van der Waals surface area contributed by atoms with Crippen molar-refractivity contribution in [1.29, 1.82) is 5.26 Å². The van der Waals surface area contributed by atoms with E-state index >= 15 is 0 Å². The molecule has 1 N–H and O–H groups in total. The van der Waals surface area contributed by atoms with Crippen molar-refractivity contribution in [1.82, 2.24) is 5.32 Å².